The number of amides is 1. The molecule has 0 bridgehead atoms. The van der Waals surface area contributed by atoms with Crippen molar-refractivity contribution in [3.63, 3.8) is 0 Å². The lowest BCUT2D eigenvalue weighted by atomic mass is 10.1. The van der Waals surface area contributed by atoms with Crippen molar-refractivity contribution >= 4 is 82.5 Å². The van der Waals surface area contributed by atoms with Crippen LogP contribution >= 0.6 is 22.7 Å². The summed E-state index contributed by atoms with van der Waals surface area (Å²) in [6.07, 6.45) is 2.90. The van der Waals surface area contributed by atoms with Crippen molar-refractivity contribution in [2.75, 3.05) is 30.8 Å². The number of nitrogen functional groups attached to an aromatic ring is 1. The van der Waals surface area contributed by atoms with Crippen molar-refractivity contribution in [2.45, 2.75) is 13.2 Å². The number of ether oxygens (including phenoxy) is 2. The minimum Gasteiger partial charge on any atom is -0.459 e. The summed E-state index contributed by atoms with van der Waals surface area (Å²) in [7, 11) is 1.97. The Kier molecular flexibility index (Phi) is 9.05. The molecule has 7 rings (SSSR count). The average molecular weight is 688 g/mol. The average Bonchev–Trinajstić information content (AvgIpc) is 3.81. The Morgan fingerprint density at radius 3 is 2.69 bits per heavy atom. The summed E-state index contributed by atoms with van der Waals surface area (Å²) < 4.78 is 20.3. The minimum atomic E-state index is -0.478. The highest BCUT2D eigenvalue weighted by molar-refractivity contribution is 7.33. The molecule has 3 aromatic carbocycles. The molecule has 0 aliphatic heterocycles. The highest BCUT2D eigenvalue weighted by atomic mass is 32.1. The van der Waals surface area contributed by atoms with E-state index in [9.17, 15) is 10.1 Å². The van der Waals surface area contributed by atoms with Gasteiger partial charge in [-0.2, -0.15) is 10.2 Å². The number of oxazole rings is 1. The predicted octanol–water partition coefficient (Wildman–Crippen LogP) is 7.64. The van der Waals surface area contributed by atoms with E-state index < -0.39 is 6.09 Å². The Hall–Kier alpha value is -5.97. The van der Waals surface area contributed by atoms with Gasteiger partial charge in [-0.15, -0.1) is 22.7 Å². The number of alkyl carbamates (subject to hydrolysis) is 1. The third-order valence-electron chi connectivity index (χ3n) is 7.66. The van der Waals surface area contributed by atoms with Crippen LogP contribution in [-0.2, 0) is 17.9 Å². The van der Waals surface area contributed by atoms with Crippen molar-refractivity contribution in [3.05, 3.63) is 107 Å². The number of hydrogen-bond donors (Lipinski definition) is 2. The van der Waals surface area contributed by atoms with E-state index in [0.29, 0.717) is 42.6 Å². The van der Waals surface area contributed by atoms with Gasteiger partial charge in [-0.25, -0.2) is 14.8 Å². The van der Waals surface area contributed by atoms with Gasteiger partial charge < -0.3 is 29.8 Å². The number of nitriles is 1. The number of thiophene rings is 2. The van der Waals surface area contributed by atoms with E-state index in [1.807, 2.05) is 61.7 Å². The quantitative estimate of drug-likeness (QED) is 0.130. The molecular formula is C36H29N7O4S2. The van der Waals surface area contributed by atoms with E-state index in [0.717, 1.165) is 42.0 Å². The van der Waals surface area contributed by atoms with Gasteiger partial charge in [0.15, 0.2) is 5.58 Å². The molecule has 0 atom stereocenters. The van der Waals surface area contributed by atoms with Crippen molar-refractivity contribution in [1.29, 1.82) is 5.26 Å². The zero-order chi connectivity index (χ0) is 33.7. The van der Waals surface area contributed by atoms with Crippen molar-refractivity contribution in [1.82, 2.24) is 20.3 Å². The second-order valence-corrected chi connectivity index (χ2v) is 13.2. The third-order valence-corrected chi connectivity index (χ3v) is 10.0. The first-order chi connectivity index (χ1) is 23.9. The molecule has 0 saturated heterocycles. The van der Waals surface area contributed by atoms with Crippen LogP contribution in [0.3, 0.4) is 0 Å². The number of nitrogens with zero attached hydrogens (tertiary/aromatic N) is 5. The van der Waals surface area contributed by atoms with Gasteiger partial charge in [0.1, 0.15) is 36.2 Å². The number of rotatable bonds is 11. The molecule has 0 fully saturated rings. The van der Waals surface area contributed by atoms with E-state index in [1.54, 1.807) is 34.9 Å². The highest BCUT2D eigenvalue weighted by Gasteiger charge is 2.15. The fourth-order valence-electron chi connectivity index (χ4n) is 5.09. The first-order valence-corrected chi connectivity index (χ1v) is 16.9. The molecule has 0 spiro atoms. The van der Waals surface area contributed by atoms with Gasteiger partial charge in [-0.05, 0) is 53.6 Å². The molecule has 244 valence electrons. The Balaban J connectivity index is 0.900. The number of allylic oxidation sites excluding steroid dienone is 1. The summed E-state index contributed by atoms with van der Waals surface area (Å²) in [5.41, 5.74) is 10.3. The molecule has 0 saturated carbocycles. The number of nitrogens with two attached hydrogens (primary N) is 1. The van der Waals surface area contributed by atoms with Crippen LogP contribution in [0.15, 0.2) is 89.5 Å². The number of nitrogens with one attached hydrogen (secondary N) is 1. The number of hydrogen-bond acceptors (Lipinski definition) is 12. The van der Waals surface area contributed by atoms with Crippen LogP contribution in [0, 0.1) is 11.3 Å². The summed E-state index contributed by atoms with van der Waals surface area (Å²) in [5.74, 6) is 0.666. The Bertz CT molecular complexity index is 2320. The molecule has 11 nitrogen and oxygen atoms in total. The van der Waals surface area contributed by atoms with Crippen LogP contribution in [0.25, 0.3) is 42.2 Å². The summed E-state index contributed by atoms with van der Waals surface area (Å²) in [6, 6.07) is 27.6. The maximum Gasteiger partial charge on any atom is 0.407 e. The molecule has 49 heavy (non-hydrogen) atoms. The van der Waals surface area contributed by atoms with Gasteiger partial charge in [0.2, 0.25) is 5.89 Å². The zero-order valence-electron chi connectivity index (χ0n) is 26.3. The first kappa shape index (κ1) is 31.6. The third kappa shape index (κ3) is 7.30. The van der Waals surface area contributed by atoms with Gasteiger partial charge in [-0.3, -0.25) is 0 Å². The smallest absolute Gasteiger partial charge is 0.407 e. The lowest BCUT2D eigenvalue weighted by Crippen LogP contribution is -2.28. The van der Waals surface area contributed by atoms with Crippen LogP contribution in [-0.4, -0.2) is 41.2 Å². The molecule has 4 heterocycles. The van der Waals surface area contributed by atoms with E-state index in [-0.39, 0.29) is 12.6 Å². The molecule has 0 aliphatic rings. The lowest BCUT2D eigenvalue weighted by molar-refractivity contribution is 0.148. The fraction of sp³-hybridized carbons (Fsp3) is 0.139. The van der Waals surface area contributed by atoms with Crippen LogP contribution in [0.2, 0.25) is 0 Å². The minimum absolute atomic E-state index is 0.222. The molecule has 3 N–H and O–H groups in total. The summed E-state index contributed by atoms with van der Waals surface area (Å²) in [5, 5.41) is 13.8. The molecule has 0 aliphatic carbocycles. The van der Waals surface area contributed by atoms with Crippen molar-refractivity contribution in [3.8, 4) is 12.1 Å². The number of benzene rings is 3. The largest absolute Gasteiger partial charge is 0.459 e. The lowest BCUT2D eigenvalue weighted by Gasteiger charge is -2.19. The van der Waals surface area contributed by atoms with Crippen LogP contribution < -0.4 is 20.7 Å². The van der Waals surface area contributed by atoms with Gasteiger partial charge in [-0.1, -0.05) is 42.5 Å². The summed E-state index contributed by atoms with van der Waals surface area (Å²) >= 11 is 3.34. The van der Waals surface area contributed by atoms with E-state index in [4.69, 9.17) is 19.6 Å². The second kappa shape index (κ2) is 14.0. The Morgan fingerprint density at radius 2 is 1.88 bits per heavy atom. The maximum atomic E-state index is 12.3. The van der Waals surface area contributed by atoms with Crippen LogP contribution in [0.4, 0.5) is 16.3 Å². The number of fused-ring (bicyclic) bond motifs is 4. The number of anilines is 2. The summed E-state index contributed by atoms with van der Waals surface area (Å²) in [4.78, 5) is 27.9. The molecule has 13 heteroatoms. The number of carbonyl (C=O) groups excluding carboxylic acids is 1. The van der Waals surface area contributed by atoms with Gasteiger partial charge >= 0.3 is 12.1 Å². The standard InChI is InChI=1S/C36H29N7O4S2/c1-43(14-15-45-36(44)40-20-22-6-8-23(9-7-22)21-46-35-39-13-12-32(38)42-35)25-10-11-27-30(17-25)49-31-18-26(48-33(27)31)16-24(19-37)34-41-28-4-2-3-5-29(28)47-34/h2-13,16-18H,14-15,20-21H2,1H3,(H,40,44)(H2,38,39,42)/b24-16-. The highest BCUT2D eigenvalue weighted by Crippen LogP contribution is 2.41. The molecule has 7 aromatic rings. The first-order valence-electron chi connectivity index (χ1n) is 15.3. The van der Waals surface area contributed by atoms with Gasteiger partial charge in [0.25, 0.3) is 0 Å². The van der Waals surface area contributed by atoms with E-state index in [1.165, 1.54) is 4.70 Å². The Labute approximate surface area is 288 Å². The summed E-state index contributed by atoms with van der Waals surface area (Å²) in [6.45, 7) is 1.41. The van der Waals surface area contributed by atoms with E-state index >= 15 is 0 Å². The molecule has 4 aromatic heterocycles. The van der Waals surface area contributed by atoms with Gasteiger partial charge in [0.05, 0.1) is 11.2 Å². The fourth-order valence-corrected chi connectivity index (χ4v) is 7.60. The van der Waals surface area contributed by atoms with Gasteiger partial charge in [0, 0.05) is 45.1 Å². The SMILES string of the molecule is CN(CCOC(=O)NCc1ccc(COc2nccc(N)n2)cc1)c1ccc2c(c1)sc1cc(/C=C(/C#N)c3nc4ccccc4o3)sc12. The topological polar surface area (TPSA) is 152 Å². The molecule has 1 amide bonds. The predicted molar refractivity (Wildman–Crippen MR) is 193 cm³/mol. The van der Waals surface area contributed by atoms with Crippen LogP contribution in [0.1, 0.15) is 21.9 Å². The molecule has 0 unspecified atom stereocenters. The number of likely N-dealkylation sites (N-methyl/N-ethyl adjacent to an activating group) is 1. The molecular weight excluding hydrogens is 659 g/mol. The number of para-hydroxylation sites is 2. The van der Waals surface area contributed by atoms with Crippen LogP contribution in [0.5, 0.6) is 6.01 Å². The zero-order valence-corrected chi connectivity index (χ0v) is 27.9. The Morgan fingerprint density at radius 1 is 1.04 bits per heavy atom. The molecule has 0 radical (unpaired) electrons. The van der Waals surface area contributed by atoms with Crippen molar-refractivity contribution in [2.24, 2.45) is 0 Å². The number of carbonyl (C=O) groups is 1. The van der Waals surface area contributed by atoms with E-state index in [2.05, 4.69) is 55.5 Å². The second-order valence-electron chi connectivity index (χ2n) is 11.1. The van der Waals surface area contributed by atoms with Crippen molar-refractivity contribution < 1.29 is 18.7 Å². The monoisotopic (exact) mass is 687 g/mol. The number of aromatic nitrogens is 3. The normalized spacial score (nSPS) is 11.6. The maximum absolute atomic E-state index is 12.3.